The number of rotatable bonds is 3. The third-order valence-corrected chi connectivity index (χ3v) is 4.11. The van der Waals surface area contributed by atoms with Crippen LogP contribution < -0.4 is 15.0 Å². The van der Waals surface area contributed by atoms with E-state index >= 15 is 0 Å². The summed E-state index contributed by atoms with van der Waals surface area (Å²) in [4.78, 5) is 38.0. The van der Waals surface area contributed by atoms with E-state index in [1.54, 1.807) is 36.4 Å². The van der Waals surface area contributed by atoms with E-state index in [0.717, 1.165) is 0 Å². The topological polar surface area (TPSA) is 84.9 Å². The van der Waals surface area contributed by atoms with Gasteiger partial charge < -0.3 is 19.7 Å². The van der Waals surface area contributed by atoms with Crippen LogP contribution >= 0.6 is 0 Å². The first kappa shape index (κ1) is 17.5. The molecule has 7 nitrogen and oxygen atoms in total. The summed E-state index contributed by atoms with van der Waals surface area (Å²) >= 11 is 0. The summed E-state index contributed by atoms with van der Waals surface area (Å²) in [5.41, 5.74) is 1.34. The van der Waals surface area contributed by atoms with Crippen molar-refractivity contribution >= 4 is 23.5 Å². The lowest BCUT2D eigenvalue weighted by Crippen LogP contribution is -2.50. The van der Waals surface area contributed by atoms with E-state index in [1.807, 2.05) is 0 Å². The second kappa shape index (κ2) is 7.26. The third kappa shape index (κ3) is 3.23. The molecule has 1 atom stereocenters. The van der Waals surface area contributed by atoms with Crippen molar-refractivity contribution in [3.8, 4) is 5.75 Å². The van der Waals surface area contributed by atoms with Crippen molar-refractivity contribution in [2.45, 2.75) is 6.10 Å². The van der Waals surface area contributed by atoms with Crippen LogP contribution in [0.15, 0.2) is 48.5 Å². The molecule has 1 aliphatic rings. The van der Waals surface area contributed by atoms with Crippen molar-refractivity contribution in [1.29, 1.82) is 0 Å². The molecule has 0 aliphatic carbocycles. The molecule has 0 radical (unpaired) electrons. The summed E-state index contributed by atoms with van der Waals surface area (Å²) in [7, 11) is 2.81. The van der Waals surface area contributed by atoms with Crippen molar-refractivity contribution in [1.82, 2.24) is 5.32 Å². The molecule has 0 spiro atoms. The fourth-order valence-corrected chi connectivity index (χ4v) is 2.75. The molecule has 1 N–H and O–H groups in total. The second-order valence-corrected chi connectivity index (χ2v) is 5.67. The van der Waals surface area contributed by atoms with Gasteiger partial charge in [0.05, 0.1) is 24.9 Å². The maximum atomic E-state index is 13.0. The normalized spacial score (nSPS) is 15.5. The minimum atomic E-state index is -0.798. The summed E-state index contributed by atoms with van der Waals surface area (Å²) in [6.07, 6.45) is -0.798. The highest BCUT2D eigenvalue weighted by Crippen LogP contribution is 2.34. The van der Waals surface area contributed by atoms with Crippen LogP contribution in [0.4, 0.5) is 5.69 Å². The van der Waals surface area contributed by atoms with E-state index < -0.39 is 12.1 Å². The molecule has 1 aliphatic heterocycles. The lowest BCUT2D eigenvalue weighted by atomic mass is 10.1. The zero-order chi connectivity index (χ0) is 18.7. The van der Waals surface area contributed by atoms with E-state index in [4.69, 9.17) is 4.74 Å². The number of nitrogens with zero attached hydrogens (tertiary/aromatic N) is 1. The van der Waals surface area contributed by atoms with Crippen LogP contribution in [0.3, 0.4) is 0 Å². The van der Waals surface area contributed by atoms with E-state index in [-0.39, 0.29) is 18.4 Å². The fourth-order valence-electron chi connectivity index (χ4n) is 2.75. The average molecular weight is 354 g/mol. The van der Waals surface area contributed by atoms with Crippen LogP contribution in [-0.4, -0.2) is 44.6 Å². The van der Waals surface area contributed by atoms with Crippen LogP contribution in [0.1, 0.15) is 20.7 Å². The van der Waals surface area contributed by atoms with E-state index in [0.29, 0.717) is 22.6 Å². The number of amides is 2. The number of carbonyl (C=O) groups is 3. The summed E-state index contributed by atoms with van der Waals surface area (Å²) in [5, 5.41) is 2.54. The van der Waals surface area contributed by atoms with Crippen LogP contribution in [0.5, 0.6) is 5.75 Å². The van der Waals surface area contributed by atoms with Gasteiger partial charge in [-0.05, 0) is 36.4 Å². The van der Waals surface area contributed by atoms with Crippen LogP contribution in [-0.2, 0) is 9.53 Å². The van der Waals surface area contributed by atoms with E-state index in [1.165, 1.54) is 31.2 Å². The Kier molecular flexibility index (Phi) is 4.88. The van der Waals surface area contributed by atoms with Gasteiger partial charge >= 0.3 is 5.97 Å². The average Bonchev–Trinajstić information content (AvgIpc) is 2.71. The zero-order valence-corrected chi connectivity index (χ0v) is 14.4. The quantitative estimate of drug-likeness (QED) is 0.847. The number of nitrogens with one attached hydrogen (secondary N) is 1. The Morgan fingerprint density at radius 3 is 2.38 bits per heavy atom. The molecule has 0 aromatic heterocycles. The molecular formula is C19H18N2O5. The van der Waals surface area contributed by atoms with E-state index in [9.17, 15) is 14.4 Å². The number of carbonyl (C=O) groups excluding carboxylic acids is 3. The maximum absolute atomic E-state index is 13.0. The number of anilines is 1. The predicted molar refractivity (Wildman–Crippen MR) is 94.4 cm³/mol. The van der Waals surface area contributed by atoms with Gasteiger partial charge in [0.1, 0.15) is 5.75 Å². The first-order valence-corrected chi connectivity index (χ1v) is 8.02. The number of esters is 1. The largest absolute Gasteiger partial charge is 0.477 e. The van der Waals surface area contributed by atoms with Gasteiger partial charge in [0.25, 0.3) is 11.8 Å². The Balaban J connectivity index is 1.92. The minimum Gasteiger partial charge on any atom is -0.477 e. The second-order valence-electron chi connectivity index (χ2n) is 5.67. The highest BCUT2D eigenvalue weighted by Gasteiger charge is 2.33. The van der Waals surface area contributed by atoms with Gasteiger partial charge in [0, 0.05) is 12.6 Å². The van der Waals surface area contributed by atoms with Gasteiger partial charge in [-0.1, -0.05) is 12.1 Å². The number of fused-ring (bicyclic) bond motifs is 1. The monoisotopic (exact) mass is 354 g/mol. The Labute approximate surface area is 150 Å². The SMILES string of the molecule is CNC(=O)[C@@H]1CN(C(=O)c2ccc(C(=O)OC)cc2)c2ccccc2O1. The van der Waals surface area contributed by atoms with Gasteiger partial charge in [-0.3, -0.25) is 9.59 Å². The molecular weight excluding hydrogens is 336 g/mol. The molecule has 26 heavy (non-hydrogen) atoms. The molecule has 134 valence electrons. The van der Waals surface area contributed by atoms with Crippen molar-refractivity contribution in [3.63, 3.8) is 0 Å². The predicted octanol–water partition coefficient (Wildman–Crippen LogP) is 1.63. The smallest absolute Gasteiger partial charge is 0.337 e. The lowest BCUT2D eigenvalue weighted by Gasteiger charge is -2.34. The minimum absolute atomic E-state index is 0.0915. The van der Waals surface area contributed by atoms with Gasteiger partial charge in [0.2, 0.25) is 0 Å². The number of hydrogen-bond acceptors (Lipinski definition) is 5. The molecule has 0 bridgehead atoms. The highest BCUT2D eigenvalue weighted by atomic mass is 16.5. The molecule has 0 unspecified atom stereocenters. The number of hydrogen-bond donors (Lipinski definition) is 1. The van der Waals surface area contributed by atoms with Crippen molar-refractivity contribution < 1.29 is 23.9 Å². The Morgan fingerprint density at radius 2 is 1.73 bits per heavy atom. The summed E-state index contributed by atoms with van der Waals surface area (Å²) in [6, 6.07) is 13.2. The van der Waals surface area contributed by atoms with E-state index in [2.05, 4.69) is 10.1 Å². The molecule has 1 heterocycles. The third-order valence-electron chi connectivity index (χ3n) is 4.11. The molecule has 7 heteroatoms. The molecule has 2 amide bonds. The standard InChI is InChI=1S/C19H18N2O5/c1-20-17(22)16-11-21(14-5-3-4-6-15(14)26-16)18(23)12-7-9-13(10-8-12)19(24)25-2/h3-10,16H,11H2,1-2H3,(H,20,22)/t16-/m0/s1. The number of benzene rings is 2. The number of methoxy groups -OCH3 is 1. The Hall–Kier alpha value is -3.35. The molecule has 3 rings (SSSR count). The Morgan fingerprint density at radius 1 is 1.08 bits per heavy atom. The molecule has 0 saturated carbocycles. The Bertz CT molecular complexity index is 847. The van der Waals surface area contributed by atoms with Crippen molar-refractivity contribution in [2.24, 2.45) is 0 Å². The van der Waals surface area contributed by atoms with Crippen molar-refractivity contribution in [2.75, 3.05) is 25.6 Å². The van der Waals surface area contributed by atoms with Crippen LogP contribution in [0, 0.1) is 0 Å². The van der Waals surface area contributed by atoms with Gasteiger partial charge in [0.15, 0.2) is 6.10 Å². The van der Waals surface area contributed by atoms with Gasteiger partial charge in [-0.25, -0.2) is 4.79 Å². The summed E-state index contributed by atoms with van der Waals surface area (Å²) < 4.78 is 10.4. The molecule has 0 fully saturated rings. The maximum Gasteiger partial charge on any atom is 0.337 e. The first-order chi connectivity index (χ1) is 12.5. The molecule has 2 aromatic carbocycles. The highest BCUT2D eigenvalue weighted by molar-refractivity contribution is 6.08. The number of ether oxygens (including phenoxy) is 2. The molecule has 0 saturated heterocycles. The van der Waals surface area contributed by atoms with Gasteiger partial charge in [-0.15, -0.1) is 0 Å². The fraction of sp³-hybridized carbons (Fsp3) is 0.211. The summed E-state index contributed by atoms with van der Waals surface area (Å²) in [6.45, 7) is 0.0915. The number of para-hydroxylation sites is 2. The van der Waals surface area contributed by atoms with Crippen LogP contribution in [0.25, 0.3) is 0 Å². The zero-order valence-electron chi connectivity index (χ0n) is 14.4. The first-order valence-electron chi connectivity index (χ1n) is 8.02. The molecule has 2 aromatic rings. The summed E-state index contributed by atoms with van der Waals surface area (Å²) in [5.74, 6) is -0.600. The van der Waals surface area contributed by atoms with Crippen LogP contribution in [0.2, 0.25) is 0 Å². The lowest BCUT2D eigenvalue weighted by molar-refractivity contribution is -0.127. The van der Waals surface area contributed by atoms with Gasteiger partial charge in [-0.2, -0.15) is 0 Å². The number of likely N-dealkylation sites (N-methyl/N-ethyl adjacent to an activating group) is 1. The van der Waals surface area contributed by atoms with Crippen molar-refractivity contribution in [3.05, 3.63) is 59.7 Å².